The van der Waals surface area contributed by atoms with Crippen molar-refractivity contribution in [1.29, 1.82) is 0 Å². The van der Waals surface area contributed by atoms with E-state index in [0.717, 1.165) is 22.6 Å². The second-order valence-corrected chi connectivity index (χ2v) is 9.42. The van der Waals surface area contributed by atoms with E-state index in [2.05, 4.69) is 0 Å². The quantitative estimate of drug-likeness (QED) is 0.750. The first-order valence-electron chi connectivity index (χ1n) is 9.15. The predicted molar refractivity (Wildman–Crippen MR) is 101 cm³/mol. The number of likely N-dealkylation sites (tertiary alicyclic amines) is 1. The van der Waals surface area contributed by atoms with Crippen molar-refractivity contribution in [2.75, 3.05) is 32.8 Å². The molecule has 6 nitrogen and oxygen atoms in total. The van der Waals surface area contributed by atoms with Gasteiger partial charge in [0.25, 0.3) is 5.91 Å². The number of thiophene rings is 1. The molecule has 0 N–H and O–H groups in total. The van der Waals surface area contributed by atoms with Gasteiger partial charge in [0, 0.05) is 24.5 Å². The minimum Gasteiger partial charge on any atom is -0.444 e. The molecule has 0 unspecified atom stereocenters. The summed E-state index contributed by atoms with van der Waals surface area (Å²) in [6, 6.07) is 3.88. The molecule has 2 saturated heterocycles. The van der Waals surface area contributed by atoms with E-state index in [1.807, 2.05) is 44.7 Å². The third kappa shape index (κ3) is 4.38. The van der Waals surface area contributed by atoms with Gasteiger partial charge in [0.2, 0.25) is 0 Å². The Morgan fingerprint density at radius 3 is 2.42 bits per heavy atom. The third-order valence-corrected chi connectivity index (χ3v) is 5.80. The molecule has 26 heavy (non-hydrogen) atoms. The molecule has 2 amide bonds. The van der Waals surface area contributed by atoms with E-state index in [1.165, 1.54) is 11.3 Å². The van der Waals surface area contributed by atoms with Crippen LogP contribution in [0.3, 0.4) is 0 Å². The number of aryl methyl sites for hydroxylation is 1. The average Bonchev–Trinajstić information content (AvgIpc) is 3.00. The monoisotopic (exact) mass is 380 g/mol. The molecule has 2 fully saturated rings. The van der Waals surface area contributed by atoms with Crippen molar-refractivity contribution in [2.24, 2.45) is 0 Å². The number of piperidine rings is 1. The minimum atomic E-state index is -0.490. The van der Waals surface area contributed by atoms with Gasteiger partial charge in [-0.3, -0.25) is 4.79 Å². The molecule has 2 aliphatic rings. The van der Waals surface area contributed by atoms with Gasteiger partial charge in [-0.2, -0.15) is 0 Å². The summed E-state index contributed by atoms with van der Waals surface area (Å²) in [4.78, 5) is 30.6. The normalized spacial score (nSPS) is 20.3. The number of carbonyl (C=O) groups is 2. The summed E-state index contributed by atoms with van der Waals surface area (Å²) in [6.07, 6.45) is 1.17. The van der Waals surface area contributed by atoms with Crippen LogP contribution in [0.5, 0.6) is 0 Å². The molecule has 1 aromatic heterocycles. The van der Waals surface area contributed by atoms with E-state index in [0.29, 0.717) is 32.8 Å². The maximum atomic E-state index is 12.8. The number of hydrogen-bond acceptors (Lipinski definition) is 5. The molecule has 7 heteroatoms. The molecule has 0 saturated carbocycles. The number of nitrogens with zero attached hydrogens (tertiary/aromatic N) is 2. The molecular formula is C19H28N2O4S. The van der Waals surface area contributed by atoms with Crippen molar-refractivity contribution in [3.05, 3.63) is 21.9 Å². The number of amides is 2. The Hall–Kier alpha value is -1.60. The van der Waals surface area contributed by atoms with Crippen LogP contribution in [0, 0.1) is 6.92 Å². The molecule has 0 aromatic carbocycles. The van der Waals surface area contributed by atoms with Crippen molar-refractivity contribution in [1.82, 2.24) is 9.80 Å². The van der Waals surface area contributed by atoms with E-state index in [4.69, 9.17) is 9.47 Å². The summed E-state index contributed by atoms with van der Waals surface area (Å²) in [5.41, 5.74) is -0.839. The van der Waals surface area contributed by atoms with Crippen LogP contribution in [0.2, 0.25) is 0 Å². The zero-order chi connectivity index (χ0) is 18.9. The zero-order valence-corrected chi connectivity index (χ0v) is 16.9. The fourth-order valence-corrected chi connectivity index (χ4v) is 4.28. The van der Waals surface area contributed by atoms with Crippen molar-refractivity contribution in [3.63, 3.8) is 0 Å². The predicted octanol–water partition coefficient (Wildman–Crippen LogP) is 3.30. The number of carbonyl (C=O) groups excluding carboxylic acids is 2. The van der Waals surface area contributed by atoms with Gasteiger partial charge in [-0.25, -0.2) is 4.79 Å². The molecule has 0 bridgehead atoms. The Morgan fingerprint density at radius 2 is 1.85 bits per heavy atom. The van der Waals surface area contributed by atoms with E-state index < -0.39 is 5.60 Å². The summed E-state index contributed by atoms with van der Waals surface area (Å²) in [5.74, 6) is 0.0837. The van der Waals surface area contributed by atoms with Crippen LogP contribution in [-0.2, 0) is 9.47 Å². The Balaban J connectivity index is 1.60. The summed E-state index contributed by atoms with van der Waals surface area (Å²) in [5, 5.41) is 0. The van der Waals surface area contributed by atoms with Crippen LogP contribution in [0.4, 0.5) is 4.79 Å². The number of rotatable bonds is 1. The standard InChI is InChI=1S/C19H28N2O4S/c1-14-5-6-15(26-14)16(22)21-11-12-24-19(13-21)7-9-20(10-8-19)17(23)25-18(2,3)4/h5-6H,7-13H2,1-4H3. The first-order chi connectivity index (χ1) is 12.2. The summed E-state index contributed by atoms with van der Waals surface area (Å²) in [6.45, 7) is 10.6. The molecular weight excluding hydrogens is 352 g/mol. The van der Waals surface area contributed by atoms with Crippen molar-refractivity contribution >= 4 is 23.3 Å². The van der Waals surface area contributed by atoms with E-state index in [9.17, 15) is 9.59 Å². The highest BCUT2D eigenvalue weighted by atomic mass is 32.1. The van der Waals surface area contributed by atoms with Gasteiger partial charge in [0.05, 0.1) is 23.6 Å². The highest BCUT2D eigenvalue weighted by molar-refractivity contribution is 7.13. The van der Waals surface area contributed by atoms with Crippen LogP contribution < -0.4 is 0 Å². The lowest BCUT2D eigenvalue weighted by atomic mass is 9.89. The Morgan fingerprint density at radius 1 is 1.15 bits per heavy atom. The minimum absolute atomic E-state index is 0.0837. The van der Waals surface area contributed by atoms with Gasteiger partial charge in [-0.15, -0.1) is 11.3 Å². The van der Waals surface area contributed by atoms with Crippen LogP contribution in [0.15, 0.2) is 12.1 Å². The lowest BCUT2D eigenvalue weighted by molar-refractivity contribution is -0.126. The van der Waals surface area contributed by atoms with E-state index in [1.54, 1.807) is 4.90 Å². The maximum absolute atomic E-state index is 12.8. The number of hydrogen-bond donors (Lipinski definition) is 0. The Kier molecular flexibility index (Phi) is 5.30. The van der Waals surface area contributed by atoms with Crippen molar-refractivity contribution in [2.45, 2.75) is 51.7 Å². The van der Waals surface area contributed by atoms with Gasteiger partial charge in [0.1, 0.15) is 5.60 Å². The van der Waals surface area contributed by atoms with Gasteiger partial charge in [0.15, 0.2) is 0 Å². The second kappa shape index (κ2) is 7.19. The number of ether oxygens (including phenoxy) is 2. The summed E-state index contributed by atoms with van der Waals surface area (Å²) >= 11 is 1.53. The highest BCUT2D eigenvalue weighted by Crippen LogP contribution is 2.32. The van der Waals surface area contributed by atoms with Crippen LogP contribution in [0.25, 0.3) is 0 Å². The lowest BCUT2D eigenvalue weighted by Crippen LogP contribution is -2.58. The Bertz CT molecular complexity index is 671. The SMILES string of the molecule is Cc1ccc(C(=O)N2CCOC3(CCN(C(=O)OC(C)(C)C)CC3)C2)s1. The van der Waals surface area contributed by atoms with Crippen LogP contribution in [0.1, 0.15) is 48.2 Å². The lowest BCUT2D eigenvalue weighted by Gasteiger charge is -2.47. The highest BCUT2D eigenvalue weighted by Gasteiger charge is 2.42. The van der Waals surface area contributed by atoms with E-state index in [-0.39, 0.29) is 17.6 Å². The molecule has 0 aliphatic carbocycles. The zero-order valence-electron chi connectivity index (χ0n) is 16.0. The molecule has 3 rings (SSSR count). The summed E-state index contributed by atoms with van der Waals surface area (Å²) < 4.78 is 11.5. The molecule has 1 aromatic rings. The molecule has 2 aliphatic heterocycles. The average molecular weight is 381 g/mol. The third-order valence-electron chi connectivity index (χ3n) is 4.81. The Labute approximate surface area is 159 Å². The molecule has 0 radical (unpaired) electrons. The van der Waals surface area contributed by atoms with Gasteiger partial charge in [-0.05, 0) is 52.7 Å². The molecule has 0 atom stereocenters. The fourth-order valence-electron chi connectivity index (χ4n) is 3.45. The van der Waals surface area contributed by atoms with Gasteiger partial charge < -0.3 is 19.3 Å². The van der Waals surface area contributed by atoms with Crippen molar-refractivity contribution < 1.29 is 19.1 Å². The first kappa shape index (κ1) is 19.2. The molecule has 144 valence electrons. The number of morpholine rings is 1. The largest absolute Gasteiger partial charge is 0.444 e. The topological polar surface area (TPSA) is 59.1 Å². The van der Waals surface area contributed by atoms with Crippen molar-refractivity contribution in [3.8, 4) is 0 Å². The van der Waals surface area contributed by atoms with Crippen LogP contribution in [-0.4, -0.2) is 65.8 Å². The van der Waals surface area contributed by atoms with E-state index >= 15 is 0 Å². The fraction of sp³-hybridized carbons (Fsp3) is 0.684. The van der Waals surface area contributed by atoms with Gasteiger partial charge in [-0.1, -0.05) is 0 Å². The first-order valence-corrected chi connectivity index (χ1v) is 9.97. The second-order valence-electron chi connectivity index (χ2n) is 8.14. The van der Waals surface area contributed by atoms with Gasteiger partial charge >= 0.3 is 6.09 Å². The van der Waals surface area contributed by atoms with Crippen LogP contribution >= 0.6 is 11.3 Å². The molecule has 1 spiro atoms. The molecule has 3 heterocycles. The maximum Gasteiger partial charge on any atom is 0.410 e. The smallest absolute Gasteiger partial charge is 0.410 e. The summed E-state index contributed by atoms with van der Waals surface area (Å²) in [7, 11) is 0.